The Bertz CT molecular complexity index is 3830. The maximum atomic E-state index is 6.53. The molecular formula is C54H32N4O. The molecule has 59 heavy (non-hydrogen) atoms. The molecule has 4 heterocycles. The van der Waals surface area contributed by atoms with Gasteiger partial charge in [0, 0.05) is 54.8 Å². The Morgan fingerprint density at radius 3 is 1.92 bits per heavy atom. The van der Waals surface area contributed by atoms with Crippen LogP contribution in [0.4, 0.5) is 0 Å². The summed E-state index contributed by atoms with van der Waals surface area (Å²) in [6.45, 7) is 0. The highest BCUT2D eigenvalue weighted by atomic mass is 16.3. The van der Waals surface area contributed by atoms with E-state index in [2.05, 4.69) is 179 Å². The van der Waals surface area contributed by atoms with Crippen molar-refractivity contribution in [2.75, 3.05) is 0 Å². The van der Waals surface area contributed by atoms with E-state index in [9.17, 15) is 0 Å². The number of rotatable bonds is 4. The fourth-order valence-electron chi connectivity index (χ4n) is 9.51. The lowest BCUT2D eigenvalue weighted by atomic mass is 10.0. The molecule has 0 fully saturated rings. The largest absolute Gasteiger partial charge is 0.456 e. The van der Waals surface area contributed by atoms with Gasteiger partial charge >= 0.3 is 0 Å². The number of hydrogen-bond donors (Lipinski definition) is 0. The van der Waals surface area contributed by atoms with Crippen LogP contribution in [0.2, 0.25) is 0 Å². The Morgan fingerprint density at radius 2 is 1.05 bits per heavy atom. The topological polar surface area (TPSA) is 48.8 Å². The van der Waals surface area contributed by atoms with E-state index in [0.29, 0.717) is 5.82 Å². The molecule has 0 saturated carbocycles. The minimum Gasteiger partial charge on any atom is -0.456 e. The van der Waals surface area contributed by atoms with Crippen molar-refractivity contribution in [1.82, 2.24) is 19.1 Å². The summed E-state index contributed by atoms with van der Waals surface area (Å²) in [5.74, 6) is 0.697. The van der Waals surface area contributed by atoms with Crippen molar-refractivity contribution in [3.8, 4) is 34.0 Å². The number of furan rings is 1. The molecule has 4 aromatic heterocycles. The average molecular weight is 753 g/mol. The van der Waals surface area contributed by atoms with Crippen molar-refractivity contribution in [1.29, 1.82) is 0 Å². The Hall–Kier alpha value is -8.02. The molecule has 274 valence electrons. The van der Waals surface area contributed by atoms with Crippen LogP contribution in [0.15, 0.2) is 199 Å². The first-order valence-electron chi connectivity index (χ1n) is 20.0. The SMILES string of the molecule is c1ccc(-c2nc(-c3ccc(-n4c5ccc6c(c7ccccc7n6-c6ccc7ccccc7c6)c5c5ccc6oc7ccccc7c6c54)cc3)nc3ccccc23)cc1. The minimum atomic E-state index is 0.697. The predicted molar refractivity (Wildman–Crippen MR) is 244 cm³/mol. The molecule has 13 rings (SSSR count). The van der Waals surface area contributed by atoms with Crippen molar-refractivity contribution in [2.45, 2.75) is 0 Å². The third-order valence-electron chi connectivity index (χ3n) is 12.1. The van der Waals surface area contributed by atoms with Crippen LogP contribution < -0.4 is 0 Å². The summed E-state index contributed by atoms with van der Waals surface area (Å²) in [7, 11) is 0. The summed E-state index contributed by atoms with van der Waals surface area (Å²) < 4.78 is 11.4. The van der Waals surface area contributed by atoms with Crippen LogP contribution in [0.3, 0.4) is 0 Å². The summed E-state index contributed by atoms with van der Waals surface area (Å²) in [4.78, 5) is 10.2. The average Bonchev–Trinajstić information content (AvgIpc) is 3.96. The standard InChI is InChI=1S/C54H32N4O/c1-2-13-34(14-3-1)52-39-16-6-9-19-43(39)55-54(56-52)35-23-25-37(26-24-35)58-46-30-29-45-49(50(46)42-28-31-48-51(53(42)58)41-18-8-11-21-47(41)59-48)40-17-7-10-20-44(40)57(45)38-27-22-33-12-4-5-15-36(33)32-38/h1-32H. The van der Waals surface area contributed by atoms with E-state index in [1.165, 1.54) is 43.4 Å². The van der Waals surface area contributed by atoms with Crippen LogP contribution in [-0.2, 0) is 0 Å². The summed E-state index contributed by atoms with van der Waals surface area (Å²) in [6, 6.07) is 68.9. The van der Waals surface area contributed by atoms with Gasteiger partial charge in [-0.15, -0.1) is 0 Å². The second-order valence-electron chi connectivity index (χ2n) is 15.3. The van der Waals surface area contributed by atoms with Crippen molar-refractivity contribution in [2.24, 2.45) is 0 Å². The summed E-state index contributed by atoms with van der Waals surface area (Å²) in [5, 5.41) is 10.5. The highest BCUT2D eigenvalue weighted by Crippen LogP contribution is 2.46. The van der Waals surface area contributed by atoms with Crippen LogP contribution in [0.5, 0.6) is 0 Å². The molecular weight excluding hydrogens is 721 g/mol. The molecule has 0 spiro atoms. The number of hydrogen-bond acceptors (Lipinski definition) is 3. The number of fused-ring (bicyclic) bond motifs is 13. The third-order valence-corrected chi connectivity index (χ3v) is 12.1. The lowest BCUT2D eigenvalue weighted by Crippen LogP contribution is -1.97. The fraction of sp³-hybridized carbons (Fsp3) is 0. The van der Waals surface area contributed by atoms with Gasteiger partial charge in [-0.05, 0) is 89.6 Å². The zero-order valence-corrected chi connectivity index (χ0v) is 31.7. The van der Waals surface area contributed by atoms with E-state index < -0.39 is 0 Å². The number of para-hydroxylation sites is 3. The highest BCUT2D eigenvalue weighted by molar-refractivity contribution is 6.33. The number of nitrogens with zero attached hydrogens (tertiary/aromatic N) is 4. The lowest BCUT2D eigenvalue weighted by molar-refractivity contribution is 0.669. The predicted octanol–water partition coefficient (Wildman–Crippen LogP) is 14.2. The second-order valence-corrected chi connectivity index (χ2v) is 15.3. The first-order chi connectivity index (χ1) is 29.3. The van der Waals surface area contributed by atoms with E-state index >= 15 is 0 Å². The van der Waals surface area contributed by atoms with Crippen LogP contribution >= 0.6 is 0 Å². The molecule has 5 heteroatoms. The lowest BCUT2D eigenvalue weighted by Gasteiger charge is -2.12. The van der Waals surface area contributed by atoms with Crippen molar-refractivity contribution in [3.63, 3.8) is 0 Å². The molecule has 0 unspecified atom stereocenters. The fourth-order valence-corrected chi connectivity index (χ4v) is 9.51. The maximum Gasteiger partial charge on any atom is 0.160 e. The van der Waals surface area contributed by atoms with Gasteiger partial charge in [0.05, 0.1) is 38.7 Å². The molecule has 0 aliphatic rings. The van der Waals surface area contributed by atoms with Gasteiger partial charge < -0.3 is 13.6 Å². The smallest absolute Gasteiger partial charge is 0.160 e. The highest BCUT2D eigenvalue weighted by Gasteiger charge is 2.24. The Labute approximate surface area is 337 Å². The maximum absolute atomic E-state index is 6.53. The van der Waals surface area contributed by atoms with Gasteiger partial charge in [0.25, 0.3) is 0 Å². The Morgan fingerprint density at radius 1 is 0.373 bits per heavy atom. The van der Waals surface area contributed by atoms with Crippen LogP contribution in [0.25, 0.3) is 121 Å². The van der Waals surface area contributed by atoms with Crippen molar-refractivity contribution < 1.29 is 4.42 Å². The Kier molecular flexibility index (Phi) is 6.66. The summed E-state index contributed by atoms with van der Waals surface area (Å²) in [5.41, 5.74) is 12.4. The van der Waals surface area contributed by atoms with Crippen LogP contribution in [0.1, 0.15) is 0 Å². The zero-order valence-electron chi connectivity index (χ0n) is 31.7. The first kappa shape index (κ1) is 32.1. The molecule has 0 aliphatic carbocycles. The first-order valence-corrected chi connectivity index (χ1v) is 20.0. The molecule has 9 aromatic carbocycles. The van der Waals surface area contributed by atoms with Gasteiger partial charge in [-0.2, -0.15) is 0 Å². The molecule has 0 atom stereocenters. The van der Waals surface area contributed by atoms with Crippen LogP contribution in [0, 0.1) is 0 Å². The minimum absolute atomic E-state index is 0.697. The van der Waals surface area contributed by atoms with Gasteiger partial charge in [0.1, 0.15) is 11.2 Å². The van der Waals surface area contributed by atoms with Gasteiger partial charge in [0.2, 0.25) is 0 Å². The third kappa shape index (κ3) is 4.67. The van der Waals surface area contributed by atoms with Crippen LogP contribution in [-0.4, -0.2) is 19.1 Å². The molecule has 0 radical (unpaired) electrons. The Balaban J connectivity index is 1.09. The van der Waals surface area contributed by atoms with E-state index in [0.717, 1.165) is 72.1 Å². The molecule has 0 amide bonds. The summed E-state index contributed by atoms with van der Waals surface area (Å²) in [6.07, 6.45) is 0. The zero-order chi connectivity index (χ0) is 38.6. The molecule has 5 nitrogen and oxygen atoms in total. The van der Waals surface area contributed by atoms with E-state index in [-0.39, 0.29) is 0 Å². The molecule has 13 aromatic rings. The van der Waals surface area contributed by atoms with E-state index in [1.807, 2.05) is 24.3 Å². The second kappa shape index (κ2) is 12.2. The van der Waals surface area contributed by atoms with E-state index in [4.69, 9.17) is 14.4 Å². The monoisotopic (exact) mass is 752 g/mol. The molecule has 0 N–H and O–H groups in total. The number of aromatic nitrogens is 4. The molecule has 0 saturated heterocycles. The van der Waals surface area contributed by atoms with Crippen molar-refractivity contribution in [3.05, 3.63) is 194 Å². The quantitative estimate of drug-likeness (QED) is 0.180. The van der Waals surface area contributed by atoms with Gasteiger partial charge in [-0.25, -0.2) is 9.97 Å². The van der Waals surface area contributed by atoms with Crippen molar-refractivity contribution >= 4 is 87.2 Å². The molecule has 0 aliphatic heterocycles. The number of benzene rings is 9. The van der Waals surface area contributed by atoms with Gasteiger partial charge in [0.15, 0.2) is 5.82 Å². The van der Waals surface area contributed by atoms with Gasteiger partial charge in [-0.1, -0.05) is 115 Å². The normalized spacial score (nSPS) is 12.1. The van der Waals surface area contributed by atoms with Gasteiger partial charge in [-0.3, -0.25) is 0 Å². The van der Waals surface area contributed by atoms with E-state index in [1.54, 1.807) is 0 Å². The molecule has 0 bridgehead atoms. The summed E-state index contributed by atoms with van der Waals surface area (Å²) >= 11 is 0.